The molecule has 0 saturated carbocycles. The normalized spacial score (nSPS) is 13.6. The Labute approximate surface area is 125 Å². The minimum Gasteiger partial charge on any atom is -0.494 e. The molecule has 0 aliphatic rings. The van der Waals surface area contributed by atoms with Crippen LogP contribution in [0.25, 0.3) is 0 Å². The summed E-state index contributed by atoms with van der Waals surface area (Å²) in [6.07, 6.45) is 2.70. The molecule has 20 heavy (non-hydrogen) atoms. The largest absolute Gasteiger partial charge is 0.494 e. The maximum atomic E-state index is 11.9. The van der Waals surface area contributed by atoms with E-state index in [1.165, 1.54) is 0 Å². The summed E-state index contributed by atoms with van der Waals surface area (Å²) in [5.74, 6) is 1.64. The highest BCUT2D eigenvalue weighted by Crippen LogP contribution is 2.17. The topological polar surface area (TPSA) is 64.3 Å². The molecule has 1 unspecified atom stereocenters. The van der Waals surface area contributed by atoms with Crippen LogP contribution in [-0.2, 0) is 4.79 Å². The van der Waals surface area contributed by atoms with Crippen LogP contribution in [0, 0.1) is 0 Å². The van der Waals surface area contributed by atoms with Crippen molar-refractivity contribution >= 4 is 17.7 Å². The van der Waals surface area contributed by atoms with Gasteiger partial charge in [0, 0.05) is 0 Å². The highest BCUT2D eigenvalue weighted by Gasteiger charge is 2.16. The Morgan fingerprint density at radius 2 is 2.05 bits per heavy atom. The zero-order valence-electron chi connectivity index (χ0n) is 12.4. The molecule has 0 radical (unpaired) electrons. The van der Waals surface area contributed by atoms with Crippen molar-refractivity contribution in [3.8, 4) is 5.75 Å². The first kappa shape index (κ1) is 16.9. The second-order valence-electron chi connectivity index (χ2n) is 4.62. The second kappa shape index (κ2) is 8.87. The van der Waals surface area contributed by atoms with Gasteiger partial charge in [0.05, 0.1) is 18.7 Å². The van der Waals surface area contributed by atoms with E-state index in [4.69, 9.17) is 10.5 Å². The van der Waals surface area contributed by atoms with Crippen molar-refractivity contribution in [1.29, 1.82) is 0 Å². The number of carbonyl (C=O) groups is 1. The fraction of sp³-hybridized carbons (Fsp3) is 0.533. The first-order valence-corrected chi connectivity index (χ1v) is 8.25. The maximum Gasteiger partial charge on any atom is 0.237 e. The number of nitrogens with two attached hydrogens (primary N) is 1. The second-order valence-corrected chi connectivity index (χ2v) is 5.61. The molecule has 0 heterocycles. The molecular formula is C15H24N2O2S. The molecule has 2 atom stereocenters. The summed E-state index contributed by atoms with van der Waals surface area (Å²) in [7, 11) is 0. The standard InChI is InChI=1S/C15H24N2O2S/c1-4-19-13-7-5-12(6-8-13)11(2)17-15(18)14(16)9-10-20-3/h5-8,11,14H,4,9-10,16H2,1-3H3,(H,17,18)/t11?,14-/m0/s1. The van der Waals surface area contributed by atoms with E-state index in [1.54, 1.807) is 11.8 Å². The van der Waals surface area contributed by atoms with E-state index in [0.717, 1.165) is 17.1 Å². The summed E-state index contributed by atoms with van der Waals surface area (Å²) in [6.45, 7) is 4.55. The molecule has 0 aliphatic heterocycles. The molecule has 1 amide bonds. The van der Waals surface area contributed by atoms with Gasteiger partial charge in [0.25, 0.3) is 0 Å². The summed E-state index contributed by atoms with van der Waals surface area (Å²) in [5.41, 5.74) is 6.89. The molecule has 4 nitrogen and oxygen atoms in total. The third-order valence-corrected chi connectivity index (χ3v) is 3.66. The average molecular weight is 296 g/mol. The summed E-state index contributed by atoms with van der Waals surface area (Å²) in [5, 5.41) is 2.94. The first-order chi connectivity index (χ1) is 9.58. The lowest BCUT2D eigenvalue weighted by Crippen LogP contribution is -2.41. The molecule has 112 valence electrons. The van der Waals surface area contributed by atoms with Crippen LogP contribution >= 0.6 is 11.8 Å². The third-order valence-electron chi connectivity index (χ3n) is 3.02. The smallest absolute Gasteiger partial charge is 0.237 e. The molecule has 1 rings (SSSR count). The van der Waals surface area contributed by atoms with Crippen molar-refractivity contribution in [3.05, 3.63) is 29.8 Å². The number of hydrogen-bond donors (Lipinski definition) is 2. The van der Waals surface area contributed by atoms with Crippen molar-refractivity contribution in [1.82, 2.24) is 5.32 Å². The van der Waals surface area contributed by atoms with Crippen molar-refractivity contribution in [3.63, 3.8) is 0 Å². The average Bonchev–Trinajstić information content (AvgIpc) is 2.45. The molecule has 1 aromatic carbocycles. The number of amides is 1. The van der Waals surface area contributed by atoms with Gasteiger partial charge in [-0.2, -0.15) is 11.8 Å². The molecule has 0 spiro atoms. The molecule has 1 aromatic rings. The Hall–Kier alpha value is -1.20. The Morgan fingerprint density at radius 1 is 1.40 bits per heavy atom. The molecule has 0 aliphatic carbocycles. The molecule has 0 fully saturated rings. The Kier molecular flexibility index (Phi) is 7.47. The van der Waals surface area contributed by atoms with Crippen LogP contribution in [0.15, 0.2) is 24.3 Å². The van der Waals surface area contributed by atoms with E-state index in [-0.39, 0.29) is 11.9 Å². The van der Waals surface area contributed by atoms with Gasteiger partial charge in [-0.15, -0.1) is 0 Å². The van der Waals surface area contributed by atoms with Crippen LogP contribution < -0.4 is 15.8 Å². The summed E-state index contributed by atoms with van der Waals surface area (Å²) < 4.78 is 5.39. The van der Waals surface area contributed by atoms with Crippen LogP contribution in [0.4, 0.5) is 0 Å². The lowest BCUT2D eigenvalue weighted by Gasteiger charge is -2.18. The van der Waals surface area contributed by atoms with Crippen molar-refractivity contribution in [2.24, 2.45) is 5.73 Å². The minimum atomic E-state index is -0.437. The van der Waals surface area contributed by atoms with Crippen LogP contribution in [0.5, 0.6) is 5.75 Å². The Balaban J connectivity index is 2.52. The van der Waals surface area contributed by atoms with Gasteiger partial charge < -0.3 is 15.8 Å². The molecule has 0 aromatic heterocycles. The zero-order valence-corrected chi connectivity index (χ0v) is 13.2. The Bertz CT molecular complexity index is 409. The van der Waals surface area contributed by atoms with E-state index in [0.29, 0.717) is 13.0 Å². The fourth-order valence-corrected chi connectivity index (χ4v) is 2.29. The number of nitrogens with one attached hydrogen (secondary N) is 1. The molecule has 0 bridgehead atoms. The van der Waals surface area contributed by atoms with E-state index < -0.39 is 6.04 Å². The van der Waals surface area contributed by atoms with Gasteiger partial charge >= 0.3 is 0 Å². The van der Waals surface area contributed by atoms with Gasteiger partial charge in [0.1, 0.15) is 5.75 Å². The number of thioether (sulfide) groups is 1. The number of rotatable bonds is 8. The van der Waals surface area contributed by atoms with E-state index >= 15 is 0 Å². The van der Waals surface area contributed by atoms with Gasteiger partial charge in [-0.3, -0.25) is 4.79 Å². The quantitative estimate of drug-likeness (QED) is 0.773. The van der Waals surface area contributed by atoms with Crippen LogP contribution in [0.1, 0.15) is 31.9 Å². The van der Waals surface area contributed by atoms with Crippen molar-refractivity contribution < 1.29 is 9.53 Å². The Morgan fingerprint density at radius 3 is 2.60 bits per heavy atom. The number of hydrogen-bond acceptors (Lipinski definition) is 4. The monoisotopic (exact) mass is 296 g/mol. The highest BCUT2D eigenvalue weighted by atomic mass is 32.2. The predicted molar refractivity (Wildman–Crippen MR) is 85.1 cm³/mol. The maximum absolute atomic E-state index is 11.9. The lowest BCUT2D eigenvalue weighted by atomic mass is 10.1. The van der Waals surface area contributed by atoms with Gasteiger partial charge in [0.2, 0.25) is 5.91 Å². The SMILES string of the molecule is CCOc1ccc(C(C)NC(=O)[C@@H](N)CCSC)cc1. The van der Waals surface area contributed by atoms with Gasteiger partial charge in [-0.1, -0.05) is 12.1 Å². The highest BCUT2D eigenvalue weighted by molar-refractivity contribution is 7.98. The van der Waals surface area contributed by atoms with Gasteiger partial charge in [-0.05, 0) is 50.0 Å². The van der Waals surface area contributed by atoms with Gasteiger partial charge in [-0.25, -0.2) is 0 Å². The third kappa shape index (κ3) is 5.43. The van der Waals surface area contributed by atoms with Crippen LogP contribution in [0.2, 0.25) is 0 Å². The van der Waals surface area contributed by atoms with Crippen LogP contribution in [0.3, 0.4) is 0 Å². The molecule has 0 saturated heterocycles. The molecule has 5 heteroatoms. The first-order valence-electron chi connectivity index (χ1n) is 6.86. The summed E-state index contributed by atoms with van der Waals surface area (Å²) in [6, 6.07) is 7.25. The fourth-order valence-electron chi connectivity index (χ4n) is 1.80. The molecule has 3 N–H and O–H groups in total. The zero-order chi connectivity index (χ0) is 15.0. The number of carbonyl (C=O) groups excluding carboxylic acids is 1. The van der Waals surface area contributed by atoms with Crippen molar-refractivity contribution in [2.75, 3.05) is 18.6 Å². The van der Waals surface area contributed by atoms with E-state index in [2.05, 4.69) is 5.32 Å². The minimum absolute atomic E-state index is 0.0569. The van der Waals surface area contributed by atoms with Crippen molar-refractivity contribution in [2.45, 2.75) is 32.4 Å². The molecular weight excluding hydrogens is 272 g/mol. The number of ether oxygens (including phenoxy) is 1. The van der Waals surface area contributed by atoms with E-state index in [1.807, 2.05) is 44.4 Å². The van der Waals surface area contributed by atoms with Gasteiger partial charge in [0.15, 0.2) is 0 Å². The summed E-state index contributed by atoms with van der Waals surface area (Å²) in [4.78, 5) is 11.9. The number of benzene rings is 1. The predicted octanol–water partition coefficient (Wildman–Crippen LogP) is 2.34. The van der Waals surface area contributed by atoms with Crippen LogP contribution in [-0.4, -0.2) is 30.6 Å². The lowest BCUT2D eigenvalue weighted by molar-refractivity contribution is -0.123. The van der Waals surface area contributed by atoms with E-state index in [9.17, 15) is 4.79 Å². The summed E-state index contributed by atoms with van der Waals surface area (Å²) >= 11 is 1.69.